The first-order valence-corrected chi connectivity index (χ1v) is 9.21. The van der Waals surface area contributed by atoms with Crippen LogP contribution in [0.25, 0.3) is 0 Å². The summed E-state index contributed by atoms with van der Waals surface area (Å²) in [5.74, 6) is -0.620. The van der Waals surface area contributed by atoms with Gasteiger partial charge in [-0.05, 0) is 43.3 Å². The number of nitrogens with zero attached hydrogens (tertiary/aromatic N) is 4. The summed E-state index contributed by atoms with van der Waals surface area (Å²) in [6, 6.07) is 13.8. The molecule has 2 aliphatic heterocycles. The maximum absolute atomic E-state index is 12.9. The van der Waals surface area contributed by atoms with E-state index in [0.29, 0.717) is 23.7 Å². The molecule has 0 aliphatic carbocycles. The maximum Gasteiger partial charge on any atom is 0.263 e. The Kier molecular flexibility index (Phi) is 4.94. The van der Waals surface area contributed by atoms with Crippen molar-refractivity contribution in [2.24, 2.45) is 10.3 Å². The number of imide groups is 1. The predicted molar refractivity (Wildman–Crippen MR) is 104 cm³/mol. The molecule has 29 heavy (non-hydrogen) atoms. The van der Waals surface area contributed by atoms with Crippen molar-refractivity contribution in [2.45, 2.75) is 19.0 Å². The molecule has 4 rings (SSSR count). The van der Waals surface area contributed by atoms with Crippen molar-refractivity contribution in [1.29, 1.82) is 0 Å². The molecule has 0 aromatic heterocycles. The van der Waals surface area contributed by atoms with Gasteiger partial charge in [0.15, 0.2) is 12.1 Å². The van der Waals surface area contributed by atoms with Gasteiger partial charge in [0.25, 0.3) is 11.8 Å². The molecule has 3 amide bonds. The Morgan fingerprint density at radius 3 is 2.48 bits per heavy atom. The number of para-hydroxylation sites is 1. The van der Waals surface area contributed by atoms with E-state index in [1.807, 2.05) is 13.0 Å². The first kappa shape index (κ1) is 18.6. The first-order valence-electron chi connectivity index (χ1n) is 9.21. The number of amides is 3. The minimum absolute atomic E-state index is 0.185. The van der Waals surface area contributed by atoms with Crippen molar-refractivity contribution in [1.82, 2.24) is 5.01 Å². The first-order chi connectivity index (χ1) is 14.1. The standard InChI is InChI=1S/C20H19N5O4/c1-2-29-15-10-8-14(9-11-15)25-19(27)17-18(20(25)28)24(23-22-17)12-16(26)21-13-6-4-3-5-7-13/h3-11,17-18H,2,12H2,1H3,(H,21,26)/t17-,18-/m1/s1. The number of carbonyl (C=O) groups excluding carboxylic acids is 3. The fourth-order valence-electron chi connectivity index (χ4n) is 3.34. The second-order valence-corrected chi connectivity index (χ2v) is 6.55. The van der Waals surface area contributed by atoms with Crippen LogP contribution in [0.4, 0.5) is 11.4 Å². The van der Waals surface area contributed by atoms with E-state index in [0.717, 1.165) is 4.90 Å². The molecule has 2 atom stereocenters. The average molecular weight is 393 g/mol. The van der Waals surface area contributed by atoms with Gasteiger partial charge in [0.1, 0.15) is 12.3 Å². The largest absolute Gasteiger partial charge is 0.494 e. The zero-order chi connectivity index (χ0) is 20.4. The summed E-state index contributed by atoms with van der Waals surface area (Å²) in [6.07, 6.45) is 0. The topological polar surface area (TPSA) is 104 Å². The lowest BCUT2D eigenvalue weighted by Gasteiger charge is -2.20. The third-order valence-electron chi connectivity index (χ3n) is 4.63. The molecule has 2 aromatic rings. The van der Waals surface area contributed by atoms with Gasteiger partial charge in [-0.25, -0.2) is 4.90 Å². The minimum Gasteiger partial charge on any atom is -0.494 e. The zero-order valence-electron chi connectivity index (χ0n) is 15.7. The van der Waals surface area contributed by atoms with E-state index in [9.17, 15) is 14.4 Å². The molecule has 1 fully saturated rings. The number of carbonyl (C=O) groups is 3. The van der Waals surface area contributed by atoms with Crippen LogP contribution in [0.1, 0.15) is 6.92 Å². The predicted octanol–water partition coefficient (Wildman–Crippen LogP) is 2.02. The van der Waals surface area contributed by atoms with Crippen LogP contribution in [0.5, 0.6) is 5.75 Å². The molecule has 0 radical (unpaired) electrons. The highest BCUT2D eigenvalue weighted by atomic mass is 16.5. The Labute approximate surface area is 166 Å². The van der Waals surface area contributed by atoms with Crippen molar-refractivity contribution >= 4 is 29.1 Å². The quantitative estimate of drug-likeness (QED) is 0.756. The van der Waals surface area contributed by atoms with Crippen LogP contribution in [-0.2, 0) is 14.4 Å². The molecule has 0 bridgehead atoms. The van der Waals surface area contributed by atoms with E-state index in [-0.39, 0.29) is 12.5 Å². The van der Waals surface area contributed by atoms with Crippen LogP contribution in [0, 0.1) is 0 Å². The minimum atomic E-state index is -0.946. The van der Waals surface area contributed by atoms with Crippen molar-refractivity contribution in [2.75, 3.05) is 23.4 Å². The number of hydrogen-bond acceptors (Lipinski definition) is 7. The van der Waals surface area contributed by atoms with Gasteiger partial charge in [0.05, 0.1) is 12.3 Å². The number of nitrogens with one attached hydrogen (secondary N) is 1. The zero-order valence-corrected chi connectivity index (χ0v) is 15.7. The monoisotopic (exact) mass is 393 g/mol. The SMILES string of the molecule is CCOc1ccc(N2C(=O)[C@@H]3N=NN(CC(=O)Nc4ccccc4)[C@H]3C2=O)cc1. The lowest BCUT2D eigenvalue weighted by molar-refractivity contribution is -0.123. The molecular formula is C20H19N5O4. The van der Waals surface area contributed by atoms with Crippen LogP contribution in [0.2, 0.25) is 0 Å². The van der Waals surface area contributed by atoms with Gasteiger partial charge in [0.2, 0.25) is 5.91 Å². The summed E-state index contributed by atoms with van der Waals surface area (Å²) in [7, 11) is 0. The van der Waals surface area contributed by atoms with Gasteiger partial charge in [-0.2, -0.15) is 5.11 Å². The van der Waals surface area contributed by atoms with Gasteiger partial charge in [-0.15, -0.1) is 0 Å². The summed E-state index contributed by atoms with van der Waals surface area (Å²) in [4.78, 5) is 39.1. The fourth-order valence-corrected chi connectivity index (χ4v) is 3.34. The summed E-state index contributed by atoms with van der Waals surface area (Å²) >= 11 is 0. The molecule has 1 N–H and O–H groups in total. The molecule has 9 nitrogen and oxygen atoms in total. The van der Waals surface area contributed by atoms with Crippen LogP contribution in [0.3, 0.4) is 0 Å². The van der Waals surface area contributed by atoms with E-state index in [1.54, 1.807) is 48.5 Å². The highest BCUT2D eigenvalue weighted by Crippen LogP contribution is 2.32. The van der Waals surface area contributed by atoms with Crippen molar-refractivity contribution < 1.29 is 19.1 Å². The number of hydrogen-bond donors (Lipinski definition) is 1. The van der Waals surface area contributed by atoms with Crippen LogP contribution in [0.15, 0.2) is 64.9 Å². The smallest absolute Gasteiger partial charge is 0.263 e. The van der Waals surface area contributed by atoms with E-state index >= 15 is 0 Å². The number of ether oxygens (including phenoxy) is 1. The normalized spacial score (nSPS) is 20.2. The van der Waals surface area contributed by atoms with Gasteiger partial charge in [-0.1, -0.05) is 23.4 Å². The number of benzene rings is 2. The molecule has 0 spiro atoms. The molecule has 0 saturated carbocycles. The second-order valence-electron chi connectivity index (χ2n) is 6.55. The van der Waals surface area contributed by atoms with Gasteiger partial charge in [0, 0.05) is 5.69 Å². The maximum atomic E-state index is 12.9. The van der Waals surface area contributed by atoms with Crippen molar-refractivity contribution in [3.05, 3.63) is 54.6 Å². The molecule has 1 saturated heterocycles. The molecule has 9 heteroatoms. The van der Waals surface area contributed by atoms with Crippen molar-refractivity contribution in [3.8, 4) is 5.75 Å². The molecule has 0 unspecified atom stereocenters. The Morgan fingerprint density at radius 1 is 1.07 bits per heavy atom. The highest BCUT2D eigenvalue weighted by molar-refractivity contribution is 6.25. The Hall–Kier alpha value is -3.75. The lowest BCUT2D eigenvalue weighted by atomic mass is 10.1. The van der Waals surface area contributed by atoms with Crippen LogP contribution < -0.4 is 15.0 Å². The van der Waals surface area contributed by atoms with E-state index in [4.69, 9.17) is 4.74 Å². The van der Waals surface area contributed by atoms with Gasteiger partial charge >= 0.3 is 0 Å². The van der Waals surface area contributed by atoms with E-state index in [1.165, 1.54) is 5.01 Å². The second kappa shape index (κ2) is 7.70. The molecule has 2 aromatic carbocycles. The number of anilines is 2. The highest BCUT2D eigenvalue weighted by Gasteiger charge is 2.55. The Morgan fingerprint density at radius 2 is 1.79 bits per heavy atom. The third kappa shape index (κ3) is 3.54. The summed E-state index contributed by atoms with van der Waals surface area (Å²) in [5, 5.41) is 11.8. The Bertz CT molecular complexity index is 961. The van der Waals surface area contributed by atoms with Crippen LogP contribution >= 0.6 is 0 Å². The fraction of sp³-hybridized carbons (Fsp3) is 0.250. The average Bonchev–Trinajstić information content (AvgIpc) is 3.23. The summed E-state index contributed by atoms with van der Waals surface area (Å²) in [5.41, 5.74) is 1.07. The molecular weight excluding hydrogens is 374 g/mol. The van der Waals surface area contributed by atoms with Gasteiger partial charge in [-0.3, -0.25) is 19.4 Å². The van der Waals surface area contributed by atoms with Crippen molar-refractivity contribution in [3.63, 3.8) is 0 Å². The molecule has 148 valence electrons. The molecule has 2 heterocycles. The lowest BCUT2D eigenvalue weighted by Crippen LogP contribution is -2.43. The van der Waals surface area contributed by atoms with Crippen LogP contribution in [-0.4, -0.2) is 48.0 Å². The third-order valence-corrected chi connectivity index (χ3v) is 4.63. The molecule has 2 aliphatic rings. The summed E-state index contributed by atoms with van der Waals surface area (Å²) in [6.45, 7) is 2.21. The van der Waals surface area contributed by atoms with E-state index in [2.05, 4.69) is 15.7 Å². The number of fused-ring (bicyclic) bond motifs is 1. The summed E-state index contributed by atoms with van der Waals surface area (Å²) < 4.78 is 5.39. The van der Waals surface area contributed by atoms with Gasteiger partial charge < -0.3 is 10.1 Å². The van der Waals surface area contributed by atoms with E-state index < -0.39 is 23.9 Å². The Balaban J connectivity index is 1.47. The number of rotatable bonds is 6.